The van der Waals surface area contributed by atoms with E-state index in [-0.39, 0.29) is 0 Å². The molecule has 0 heteroatoms. The first-order valence-corrected chi connectivity index (χ1v) is 13.0. The molecular weight excluding hydrogens is 348 g/mol. The predicted molar refractivity (Wildman–Crippen MR) is 127 cm³/mol. The van der Waals surface area contributed by atoms with Gasteiger partial charge in [0.1, 0.15) is 0 Å². The Hall–Kier alpha value is -0.780. The van der Waals surface area contributed by atoms with Crippen molar-refractivity contribution in [1.82, 2.24) is 0 Å². The van der Waals surface area contributed by atoms with Crippen molar-refractivity contribution in [3.63, 3.8) is 0 Å². The monoisotopic (exact) mass is 394 g/mol. The van der Waals surface area contributed by atoms with E-state index in [9.17, 15) is 0 Å². The summed E-state index contributed by atoms with van der Waals surface area (Å²) in [6.07, 6.45) is 23.2. The highest BCUT2D eigenvalue weighted by Crippen LogP contribution is 2.66. The van der Waals surface area contributed by atoms with Gasteiger partial charge in [0, 0.05) is 0 Å². The van der Waals surface area contributed by atoms with Crippen LogP contribution < -0.4 is 0 Å². The highest BCUT2D eigenvalue weighted by atomic mass is 14.6. The zero-order valence-corrected chi connectivity index (χ0v) is 19.9. The van der Waals surface area contributed by atoms with Gasteiger partial charge in [0.25, 0.3) is 0 Å². The van der Waals surface area contributed by atoms with Crippen molar-refractivity contribution in [1.29, 1.82) is 0 Å². The van der Waals surface area contributed by atoms with Crippen LogP contribution in [0.5, 0.6) is 0 Å². The van der Waals surface area contributed by atoms with Gasteiger partial charge in [0.2, 0.25) is 0 Å². The molecule has 0 bridgehead atoms. The van der Waals surface area contributed by atoms with E-state index in [1.807, 2.05) is 5.57 Å². The van der Waals surface area contributed by atoms with Crippen molar-refractivity contribution >= 4 is 0 Å². The minimum absolute atomic E-state index is 0.464. The molecule has 0 aromatic rings. The predicted octanol–water partition coefficient (Wildman–Crippen LogP) is 9.04. The first kappa shape index (κ1) is 21.5. The molecule has 5 unspecified atom stereocenters. The summed E-state index contributed by atoms with van der Waals surface area (Å²) >= 11 is 0. The second-order valence-electron chi connectivity index (χ2n) is 11.6. The maximum atomic E-state index is 4.50. The Morgan fingerprint density at radius 3 is 2.41 bits per heavy atom. The Balaban J connectivity index is 1.50. The number of rotatable bonds is 6. The van der Waals surface area contributed by atoms with Crippen molar-refractivity contribution in [3.05, 3.63) is 35.5 Å². The fourth-order valence-corrected chi connectivity index (χ4v) is 8.19. The van der Waals surface area contributed by atoms with Gasteiger partial charge in [-0.15, -0.1) is 0 Å². The van der Waals surface area contributed by atoms with Gasteiger partial charge in [0.05, 0.1) is 0 Å². The molecular formula is C29H46. The molecule has 0 nitrogen and oxygen atoms in total. The second-order valence-corrected chi connectivity index (χ2v) is 11.6. The highest BCUT2D eigenvalue weighted by molar-refractivity contribution is 5.35. The third-order valence-electron chi connectivity index (χ3n) is 10.1. The molecule has 0 saturated heterocycles. The second kappa shape index (κ2) is 8.39. The van der Waals surface area contributed by atoms with Gasteiger partial charge in [-0.25, -0.2) is 0 Å². The van der Waals surface area contributed by atoms with Crippen LogP contribution in [0.3, 0.4) is 0 Å². The molecule has 0 aromatic heterocycles. The Labute approximate surface area is 181 Å². The Bertz CT molecular complexity index is 672. The molecule has 4 rings (SSSR count). The van der Waals surface area contributed by atoms with Gasteiger partial charge in [-0.1, -0.05) is 88.8 Å². The Morgan fingerprint density at radius 2 is 1.69 bits per heavy atom. The van der Waals surface area contributed by atoms with E-state index >= 15 is 0 Å². The average Bonchev–Trinajstić information content (AvgIpc) is 3.01. The Morgan fingerprint density at radius 1 is 0.966 bits per heavy atom. The van der Waals surface area contributed by atoms with Crippen molar-refractivity contribution in [3.8, 4) is 0 Å². The van der Waals surface area contributed by atoms with Gasteiger partial charge < -0.3 is 0 Å². The SMILES string of the molecule is C=C1CCC2C3CCC4=C/C(=C/CC(CCC)CCC)CCC4(C)C3CCC12C. The standard InChI is InChI=1S/C29H46/c1-6-8-22(9-7-2)11-12-23-16-18-29(5)24(20-23)13-14-25-26-15-10-21(3)28(26,4)19-17-27(25)29/h12,20,22,25-27H,3,6-11,13-19H2,1-2,4-5H3/b23-12+. The normalized spacial score (nSPS) is 40.6. The lowest BCUT2D eigenvalue weighted by Gasteiger charge is -2.57. The highest BCUT2D eigenvalue weighted by Gasteiger charge is 2.56. The van der Waals surface area contributed by atoms with E-state index in [1.54, 1.807) is 11.1 Å². The zero-order chi connectivity index (χ0) is 20.6. The summed E-state index contributed by atoms with van der Waals surface area (Å²) in [4.78, 5) is 0. The maximum absolute atomic E-state index is 4.50. The molecule has 4 aliphatic carbocycles. The minimum Gasteiger partial charge on any atom is -0.0993 e. The van der Waals surface area contributed by atoms with Gasteiger partial charge in [-0.2, -0.15) is 0 Å². The average molecular weight is 395 g/mol. The van der Waals surface area contributed by atoms with Crippen LogP contribution >= 0.6 is 0 Å². The summed E-state index contributed by atoms with van der Waals surface area (Å²) in [6.45, 7) is 14.4. The van der Waals surface area contributed by atoms with E-state index < -0.39 is 0 Å². The third-order valence-corrected chi connectivity index (χ3v) is 10.1. The molecule has 0 radical (unpaired) electrons. The summed E-state index contributed by atoms with van der Waals surface area (Å²) in [7, 11) is 0. The van der Waals surface area contributed by atoms with Gasteiger partial charge in [-0.3, -0.25) is 0 Å². The summed E-state index contributed by atoms with van der Waals surface area (Å²) < 4.78 is 0. The van der Waals surface area contributed by atoms with Crippen molar-refractivity contribution < 1.29 is 0 Å². The summed E-state index contributed by atoms with van der Waals surface area (Å²) in [5, 5.41) is 0. The van der Waals surface area contributed by atoms with Crippen LogP contribution in [0.2, 0.25) is 0 Å². The van der Waals surface area contributed by atoms with Crippen molar-refractivity contribution in [2.24, 2.45) is 34.5 Å². The van der Waals surface area contributed by atoms with Gasteiger partial charge in [-0.05, 0) is 92.3 Å². The van der Waals surface area contributed by atoms with E-state index in [4.69, 9.17) is 0 Å². The Kier molecular flexibility index (Phi) is 6.21. The molecule has 0 heterocycles. The molecule has 0 spiro atoms. The van der Waals surface area contributed by atoms with Crippen molar-refractivity contribution in [2.45, 2.75) is 111 Å². The molecule has 0 N–H and O–H groups in total. The lowest BCUT2D eigenvalue weighted by molar-refractivity contribution is -0.0237. The molecule has 4 aliphatic rings. The molecule has 0 aromatic carbocycles. The third kappa shape index (κ3) is 3.72. The first-order chi connectivity index (χ1) is 13.9. The molecule has 0 amide bonds. The van der Waals surface area contributed by atoms with Gasteiger partial charge >= 0.3 is 0 Å². The molecule has 0 aliphatic heterocycles. The van der Waals surface area contributed by atoms with Crippen LogP contribution in [-0.4, -0.2) is 0 Å². The lowest BCUT2D eigenvalue weighted by atomic mass is 9.47. The number of hydrogen-bond acceptors (Lipinski definition) is 0. The lowest BCUT2D eigenvalue weighted by Crippen LogP contribution is -2.49. The quantitative estimate of drug-likeness (QED) is 0.394. The van der Waals surface area contributed by atoms with Crippen LogP contribution in [-0.2, 0) is 0 Å². The largest absolute Gasteiger partial charge is 0.0993 e. The number of hydrogen-bond donors (Lipinski definition) is 0. The maximum Gasteiger partial charge on any atom is -0.00790 e. The fraction of sp³-hybridized carbons (Fsp3) is 0.793. The topological polar surface area (TPSA) is 0 Å². The van der Waals surface area contributed by atoms with E-state index in [0.29, 0.717) is 10.8 Å². The van der Waals surface area contributed by atoms with Crippen LogP contribution in [0.4, 0.5) is 0 Å². The van der Waals surface area contributed by atoms with Crippen LogP contribution in [0.1, 0.15) is 111 Å². The van der Waals surface area contributed by atoms with Crippen LogP contribution in [0.15, 0.2) is 35.5 Å². The summed E-state index contributed by atoms with van der Waals surface area (Å²) in [5.74, 6) is 3.72. The number of allylic oxidation sites excluding steroid dienone is 5. The van der Waals surface area contributed by atoms with Crippen molar-refractivity contribution in [2.75, 3.05) is 0 Å². The molecule has 3 fully saturated rings. The molecule has 162 valence electrons. The van der Waals surface area contributed by atoms with E-state index in [2.05, 4.69) is 46.4 Å². The first-order valence-electron chi connectivity index (χ1n) is 13.0. The van der Waals surface area contributed by atoms with Crippen LogP contribution in [0, 0.1) is 34.5 Å². The molecule has 5 atom stereocenters. The number of fused-ring (bicyclic) bond motifs is 5. The molecule has 29 heavy (non-hydrogen) atoms. The smallest absolute Gasteiger partial charge is 0.00790 e. The summed E-state index contributed by atoms with van der Waals surface area (Å²) in [6, 6.07) is 0. The van der Waals surface area contributed by atoms with Gasteiger partial charge in [0.15, 0.2) is 0 Å². The van der Waals surface area contributed by atoms with Crippen LogP contribution in [0.25, 0.3) is 0 Å². The van der Waals surface area contributed by atoms with E-state index in [0.717, 1.165) is 23.7 Å². The molecule has 3 saturated carbocycles. The summed E-state index contributed by atoms with van der Waals surface area (Å²) in [5.41, 5.74) is 6.02. The fourth-order valence-electron chi connectivity index (χ4n) is 8.19. The van der Waals surface area contributed by atoms with E-state index in [1.165, 1.54) is 83.5 Å². The zero-order valence-electron chi connectivity index (χ0n) is 19.9. The minimum atomic E-state index is 0.464.